The summed E-state index contributed by atoms with van der Waals surface area (Å²) in [7, 11) is -3.84. The number of carbonyl (C=O) groups excluding carboxylic acids is 2. The van der Waals surface area contributed by atoms with Crippen LogP contribution in [0.5, 0.6) is 0 Å². The van der Waals surface area contributed by atoms with Crippen LogP contribution < -0.4 is 4.72 Å². The van der Waals surface area contributed by atoms with E-state index in [2.05, 4.69) is 4.74 Å². The van der Waals surface area contributed by atoms with E-state index >= 15 is 0 Å². The Morgan fingerprint density at radius 3 is 2.04 bits per heavy atom. The molecule has 0 spiro atoms. The first-order chi connectivity index (χ1) is 12.2. The summed E-state index contributed by atoms with van der Waals surface area (Å²) in [6, 6.07) is 4.68. The minimum atomic E-state index is -4.80. The molecule has 11 heteroatoms. The Hall–Kier alpha value is -2.14. The third-order valence-corrected chi connectivity index (χ3v) is 4.68. The molecule has 152 valence electrons. The minimum absolute atomic E-state index is 0.0814. The van der Waals surface area contributed by atoms with Gasteiger partial charge in [-0.2, -0.15) is 13.2 Å². The molecule has 0 aliphatic rings. The van der Waals surface area contributed by atoms with Crippen LogP contribution in [0.4, 0.5) is 13.2 Å². The molecule has 0 amide bonds. The summed E-state index contributed by atoms with van der Waals surface area (Å²) in [5, 5.41) is -2.03. The van der Waals surface area contributed by atoms with Gasteiger partial charge in [0.25, 0.3) is 0 Å². The van der Waals surface area contributed by atoms with Gasteiger partial charge in [0.15, 0.2) is 5.25 Å². The van der Waals surface area contributed by atoms with Crippen LogP contribution in [0.25, 0.3) is 0 Å². The molecule has 0 radical (unpaired) electrons. The zero-order valence-corrected chi connectivity index (χ0v) is 15.9. The van der Waals surface area contributed by atoms with Crippen LogP contribution in [0.15, 0.2) is 24.3 Å². The largest absolute Gasteiger partial charge is 0.468 e. The molecule has 7 nitrogen and oxygen atoms in total. The summed E-state index contributed by atoms with van der Waals surface area (Å²) in [5.74, 6) is -1.95. The van der Waals surface area contributed by atoms with Crippen LogP contribution in [-0.2, 0) is 24.3 Å². The van der Waals surface area contributed by atoms with Crippen molar-refractivity contribution in [2.75, 3.05) is 13.7 Å². The highest BCUT2D eigenvalue weighted by Crippen LogP contribution is 2.25. The highest BCUT2D eigenvalue weighted by molar-refractivity contribution is 7.90. The van der Waals surface area contributed by atoms with Crippen molar-refractivity contribution >= 4 is 22.0 Å². The van der Waals surface area contributed by atoms with Crippen LogP contribution >= 0.6 is 0 Å². The number of methoxy groups -OCH3 is 1. The van der Waals surface area contributed by atoms with Gasteiger partial charge in [0.1, 0.15) is 12.1 Å². The third-order valence-electron chi connectivity index (χ3n) is 3.05. The van der Waals surface area contributed by atoms with Crippen molar-refractivity contribution < 1.29 is 40.7 Å². The van der Waals surface area contributed by atoms with E-state index in [-0.39, 0.29) is 11.1 Å². The number of hydrogen-bond donors (Lipinski definition) is 1. The summed E-state index contributed by atoms with van der Waals surface area (Å²) in [6.07, 6.45) is -4.80. The highest BCUT2D eigenvalue weighted by atomic mass is 32.2. The molecule has 1 atom stereocenters. The Morgan fingerprint density at radius 1 is 1.11 bits per heavy atom. The van der Waals surface area contributed by atoms with Gasteiger partial charge in [0.05, 0.1) is 12.7 Å². The minimum Gasteiger partial charge on any atom is -0.468 e. The molecule has 1 aromatic rings. The van der Waals surface area contributed by atoms with E-state index in [0.29, 0.717) is 0 Å². The Morgan fingerprint density at radius 2 is 1.63 bits per heavy atom. The van der Waals surface area contributed by atoms with Gasteiger partial charge in [0, 0.05) is 0 Å². The molecular weight excluding hydrogens is 391 g/mol. The van der Waals surface area contributed by atoms with Gasteiger partial charge < -0.3 is 9.47 Å². The van der Waals surface area contributed by atoms with Crippen molar-refractivity contribution in [3.05, 3.63) is 35.4 Å². The van der Waals surface area contributed by atoms with Crippen LogP contribution in [0.2, 0.25) is 0 Å². The van der Waals surface area contributed by atoms with Crippen molar-refractivity contribution in [3.63, 3.8) is 0 Å². The maximum Gasteiger partial charge on any atom is 0.402 e. The second-order valence-electron chi connectivity index (χ2n) is 6.51. The fourth-order valence-corrected chi connectivity index (χ4v) is 3.34. The number of hydrogen-bond acceptors (Lipinski definition) is 6. The maximum atomic E-state index is 12.3. The molecule has 0 bridgehead atoms. The maximum absolute atomic E-state index is 12.3. The van der Waals surface area contributed by atoms with Gasteiger partial charge in [-0.25, -0.2) is 17.9 Å². The van der Waals surface area contributed by atoms with Gasteiger partial charge in [-0.1, -0.05) is 12.1 Å². The summed E-state index contributed by atoms with van der Waals surface area (Å²) < 4.78 is 72.2. The number of sulfonamides is 1. The van der Waals surface area contributed by atoms with Crippen molar-refractivity contribution in [1.29, 1.82) is 0 Å². The van der Waals surface area contributed by atoms with E-state index < -0.39 is 45.5 Å². The Bertz CT molecular complexity index is 782. The van der Waals surface area contributed by atoms with E-state index in [9.17, 15) is 31.2 Å². The fourth-order valence-electron chi connectivity index (χ4n) is 1.95. The van der Waals surface area contributed by atoms with Crippen molar-refractivity contribution in [3.8, 4) is 0 Å². The number of rotatable bonds is 6. The van der Waals surface area contributed by atoms with Gasteiger partial charge in [-0.05, 0) is 38.5 Å². The molecule has 27 heavy (non-hydrogen) atoms. The van der Waals surface area contributed by atoms with Crippen LogP contribution in [0, 0.1) is 0 Å². The molecule has 0 heterocycles. The molecule has 0 aromatic heterocycles. The van der Waals surface area contributed by atoms with Gasteiger partial charge in [-0.3, -0.25) is 4.79 Å². The van der Waals surface area contributed by atoms with Crippen molar-refractivity contribution in [2.45, 2.75) is 37.8 Å². The lowest BCUT2D eigenvalue weighted by Crippen LogP contribution is -2.39. The predicted molar refractivity (Wildman–Crippen MR) is 89.3 cm³/mol. The quantitative estimate of drug-likeness (QED) is 0.722. The zero-order valence-electron chi connectivity index (χ0n) is 15.1. The van der Waals surface area contributed by atoms with Gasteiger partial charge in [-0.15, -0.1) is 0 Å². The lowest BCUT2D eigenvalue weighted by Gasteiger charge is -2.20. The first kappa shape index (κ1) is 22.9. The normalized spacial score (nSPS) is 13.7. The average Bonchev–Trinajstić information content (AvgIpc) is 2.51. The van der Waals surface area contributed by atoms with Gasteiger partial charge >= 0.3 is 18.1 Å². The second kappa shape index (κ2) is 8.26. The van der Waals surface area contributed by atoms with Crippen molar-refractivity contribution in [1.82, 2.24) is 4.72 Å². The molecule has 1 N–H and O–H groups in total. The fraction of sp³-hybridized carbons (Fsp3) is 0.500. The molecule has 0 saturated heterocycles. The third kappa shape index (κ3) is 7.18. The Kier molecular flexibility index (Phi) is 7.00. The Balaban J connectivity index is 3.15. The summed E-state index contributed by atoms with van der Waals surface area (Å²) in [6.45, 7) is 3.14. The number of esters is 2. The molecule has 1 rings (SSSR count). The van der Waals surface area contributed by atoms with E-state index in [1.807, 2.05) is 0 Å². The standard InChI is InChI=1S/C16H20F3NO6S/c1-15(2,3)26-13(21)11-7-5-10(6-8-11)12(14(22)25-4)27(23,24)20-9-16(17,18)19/h5-8,12,20H,9H2,1-4H3. The smallest absolute Gasteiger partial charge is 0.402 e. The lowest BCUT2D eigenvalue weighted by atomic mass is 10.1. The molecular formula is C16H20F3NO6S. The first-order valence-electron chi connectivity index (χ1n) is 7.62. The number of alkyl halides is 3. The van der Waals surface area contributed by atoms with Gasteiger partial charge in [0.2, 0.25) is 10.0 Å². The van der Waals surface area contributed by atoms with Crippen LogP contribution in [0.1, 0.15) is 41.9 Å². The summed E-state index contributed by atoms with van der Waals surface area (Å²) in [5.41, 5.74) is -0.836. The monoisotopic (exact) mass is 411 g/mol. The van der Waals surface area contributed by atoms with Crippen LogP contribution in [0.3, 0.4) is 0 Å². The number of ether oxygens (including phenoxy) is 2. The predicted octanol–water partition coefficient (Wildman–Crippen LogP) is 2.34. The highest BCUT2D eigenvalue weighted by Gasteiger charge is 2.38. The van der Waals surface area contributed by atoms with Crippen LogP contribution in [-0.4, -0.2) is 45.8 Å². The number of benzene rings is 1. The molecule has 0 saturated carbocycles. The van der Waals surface area contributed by atoms with E-state index in [4.69, 9.17) is 4.74 Å². The van der Waals surface area contributed by atoms with Crippen molar-refractivity contribution in [2.24, 2.45) is 0 Å². The topological polar surface area (TPSA) is 98.8 Å². The molecule has 0 fully saturated rings. The zero-order chi connectivity index (χ0) is 21.0. The number of halogens is 3. The number of carbonyl (C=O) groups is 2. The summed E-state index contributed by atoms with van der Waals surface area (Å²) in [4.78, 5) is 23.8. The molecule has 1 unspecified atom stereocenters. The SMILES string of the molecule is COC(=O)C(c1ccc(C(=O)OC(C)(C)C)cc1)S(=O)(=O)NCC(F)(F)F. The summed E-state index contributed by atoms with van der Waals surface area (Å²) >= 11 is 0. The molecule has 0 aliphatic heterocycles. The van der Waals surface area contributed by atoms with E-state index in [0.717, 1.165) is 19.2 Å². The van der Waals surface area contributed by atoms with E-state index in [1.165, 1.54) is 16.9 Å². The first-order valence-corrected chi connectivity index (χ1v) is 9.17. The molecule has 1 aromatic carbocycles. The number of nitrogens with one attached hydrogen (secondary N) is 1. The lowest BCUT2D eigenvalue weighted by molar-refractivity contribution is -0.140. The average molecular weight is 411 g/mol. The van der Waals surface area contributed by atoms with E-state index in [1.54, 1.807) is 20.8 Å². The Labute approximate surface area is 154 Å². The molecule has 0 aliphatic carbocycles. The second-order valence-corrected chi connectivity index (χ2v) is 8.36.